The fourth-order valence-electron chi connectivity index (χ4n) is 1.73. The lowest BCUT2D eigenvalue weighted by Gasteiger charge is -2.15. The van der Waals surface area contributed by atoms with Gasteiger partial charge in [-0.15, -0.1) is 11.8 Å². The van der Waals surface area contributed by atoms with Crippen LogP contribution >= 0.6 is 11.8 Å². The molecule has 0 bridgehead atoms. The first-order chi connectivity index (χ1) is 6.60. The second kappa shape index (κ2) is 4.96. The highest BCUT2D eigenvalue weighted by atomic mass is 32.2. The highest BCUT2D eigenvalue weighted by Gasteiger charge is 2.38. The van der Waals surface area contributed by atoms with E-state index in [0.717, 1.165) is 12.8 Å². The van der Waals surface area contributed by atoms with Crippen LogP contribution in [0.3, 0.4) is 0 Å². The van der Waals surface area contributed by atoms with Crippen LogP contribution in [0.1, 0.15) is 40.0 Å². The lowest BCUT2D eigenvalue weighted by Crippen LogP contribution is -2.17. The predicted molar refractivity (Wildman–Crippen MR) is 59.5 cm³/mol. The Balaban J connectivity index is 2.54. The zero-order valence-electron chi connectivity index (χ0n) is 9.08. The van der Waals surface area contributed by atoms with E-state index in [4.69, 9.17) is 0 Å². The summed E-state index contributed by atoms with van der Waals surface area (Å²) in [5, 5.41) is 0.476. The second-order valence-electron chi connectivity index (χ2n) is 3.86. The zero-order chi connectivity index (χ0) is 10.7. The van der Waals surface area contributed by atoms with E-state index in [1.54, 1.807) is 18.7 Å². The van der Waals surface area contributed by atoms with Crippen molar-refractivity contribution in [2.75, 3.05) is 0 Å². The zero-order valence-corrected chi connectivity index (χ0v) is 9.89. The Morgan fingerprint density at radius 3 is 2.29 bits per heavy atom. The summed E-state index contributed by atoms with van der Waals surface area (Å²) in [6.07, 6.45) is 2.61. The molecule has 0 saturated heterocycles. The first-order valence-corrected chi connectivity index (χ1v) is 6.26. The summed E-state index contributed by atoms with van der Waals surface area (Å²) in [7, 11) is 0. The summed E-state index contributed by atoms with van der Waals surface area (Å²) in [6, 6.07) is 0. The molecular formula is C11H18O2S. The molecule has 80 valence electrons. The molecule has 1 aliphatic rings. The number of carbonyl (C=O) groups excluding carboxylic acids is 2. The highest BCUT2D eigenvalue weighted by Crippen LogP contribution is 2.33. The highest BCUT2D eigenvalue weighted by molar-refractivity contribution is 8.01. The minimum atomic E-state index is -0.345. The maximum Gasteiger partial charge on any atom is 0.156 e. The molecule has 3 heteroatoms. The van der Waals surface area contributed by atoms with Gasteiger partial charge in [0.05, 0.1) is 11.2 Å². The number of carbonyl (C=O) groups is 2. The van der Waals surface area contributed by atoms with E-state index in [9.17, 15) is 9.59 Å². The van der Waals surface area contributed by atoms with Gasteiger partial charge in [-0.05, 0) is 19.8 Å². The SMILES string of the molecule is CCC(CC)SC1CC(=O)C(C)C1=O. The summed E-state index contributed by atoms with van der Waals surface area (Å²) in [5.41, 5.74) is 0. The predicted octanol–water partition coefficient (Wildman–Crippen LogP) is 2.45. The van der Waals surface area contributed by atoms with E-state index < -0.39 is 0 Å². The molecule has 1 saturated carbocycles. The molecule has 1 fully saturated rings. The summed E-state index contributed by atoms with van der Waals surface area (Å²) < 4.78 is 0. The number of hydrogen-bond donors (Lipinski definition) is 0. The number of thioether (sulfide) groups is 1. The Kier molecular flexibility index (Phi) is 4.17. The van der Waals surface area contributed by atoms with Gasteiger partial charge in [-0.3, -0.25) is 9.59 Å². The van der Waals surface area contributed by atoms with Gasteiger partial charge >= 0.3 is 0 Å². The van der Waals surface area contributed by atoms with Crippen molar-refractivity contribution < 1.29 is 9.59 Å². The Labute approximate surface area is 89.8 Å². The summed E-state index contributed by atoms with van der Waals surface area (Å²) in [6.45, 7) is 6.00. The lowest BCUT2D eigenvalue weighted by atomic mass is 10.1. The van der Waals surface area contributed by atoms with Crippen LogP contribution in [0.15, 0.2) is 0 Å². The van der Waals surface area contributed by atoms with Crippen LogP contribution in [-0.2, 0) is 9.59 Å². The van der Waals surface area contributed by atoms with Gasteiger partial charge in [-0.25, -0.2) is 0 Å². The number of rotatable bonds is 4. The van der Waals surface area contributed by atoms with E-state index in [1.165, 1.54) is 0 Å². The topological polar surface area (TPSA) is 34.1 Å². The molecule has 0 aromatic carbocycles. The number of ketones is 2. The van der Waals surface area contributed by atoms with Crippen molar-refractivity contribution in [3.05, 3.63) is 0 Å². The van der Waals surface area contributed by atoms with E-state index in [0.29, 0.717) is 11.7 Å². The van der Waals surface area contributed by atoms with Crippen molar-refractivity contribution in [1.29, 1.82) is 0 Å². The molecule has 0 radical (unpaired) electrons. The quantitative estimate of drug-likeness (QED) is 0.674. The molecule has 0 aliphatic heterocycles. The van der Waals surface area contributed by atoms with E-state index in [1.807, 2.05) is 0 Å². The average Bonchev–Trinajstić information content (AvgIpc) is 2.42. The van der Waals surface area contributed by atoms with Crippen LogP contribution < -0.4 is 0 Å². The molecule has 0 spiro atoms. The van der Waals surface area contributed by atoms with Crippen LogP contribution in [0.25, 0.3) is 0 Å². The summed E-state index contributed by atoms with van der Waals surface area (Å²) in [5.74, 6) is -0.0766. The minimum Gasteiger partial charge on any atom is -0.299 e. The molecule has 0 aromatic heterocycles. The Hall–Kier alpha value is -0.310. The molecule has 1 aliphatic carbocycles. The fraction of sp³-hybridized carbons (Fsp3) is 0.818. The van der Waals surface area contributed by atoms with Gasteiger partial charge in [-0.2, -0.15) is 0 Å². The van der Waals surface area contributed by atoms with Gasteiger partial charge in [0.15, 0.2) is 5.78 Å². The van der Waals surface area contributed by atoms with Crippen LogP contribution in [0.4, 0.5) is 0 Å². The second-order valence-corrected chi connectivity index (χ2v) is 5.37. The summed E-state index contributed by atoms with van der Waals surface area (Å²) in [4.78, 5) is 23.0. The van der Waals surface area contributed by atoms with Gasteiger partial charge in [0, 0.05) is 11.7 Å². The van der Waals surface area contributed by atoms with Crippen LogP contribution in [0.5, 0.6) is 0 Å². The molecule has 0 N–H and O–H groups in total. The molecule has 0 aromatic rings. The minimum absolute atomic E-state index is 0.0533. The van der Waals surface area contributed by atoms with Crippen molar-refractivity contribution in [2.45, 2.75) is 50.5 Å². The first kappa shape index (κ1) is 11.8. The normalized spacial score (nSPS) is 27.7. The van der Waals surface area contributed by atoms with E-state index in [-0.39, 0.29) is 22.7 Å². The molecule has 1 rings (SSSR count). The number of hydrogen-bond acceptors (Lipinski definition) is 3. The molecule has 0 heterocycles. The van der Waals surface area contributed by atoms with Gasteiger partial charge in [0.2, 0.25) is 0 Å². The molecule has 14 heavy (non-hydrogen) atoms. The van der Waals surface area contributed by atoms with Crippen molar-refractivity contribution in [3.8, 4) is 0 Å². The van der Waals surface area contributed by atoms with Crippen molar-refractivity contribution in [3.63, 3.8) is 0 Å². The van der Waals surface area contributed by atoms with E-state index in [2.05, 4.69) is 13.8 Å². The van der Waals surface area contributed by atoms with Crippen molar-refractivity contribution in [1.82, 2.24) is 0 Å². The molecule has 2 unspecified atom stereocenters. The van der Waals surface area contributed by atoms with Gasteiger partial charge in [-0.1, -0.05) is 13.8 Å². The van der Waals surface area contributed by atoms with Gasteiger partial charge in [0.1, 0.15) is 5.78 Å². The maximum atomic E-state index is 11.6. The monoisotopic (exact) mass is 214 g/mol. The molecular weight excluding hydrogens is 196 g/mol. The lowest BCUT2D eigenvalue weighted by molar-refractivity contribution is -0.126. The Morgan fingerprint density at radius 2 is 1.93 bits per heavy atom. The van der Waals surface area contributed by atoms with Crippen LogP contribution in [0, 0.1) is 5.92 Å². The Bertz CT molecular complexity index is 233. The van der Waals surface area contributed by atoms with Gasteiger partial charge in [0.25, 0.3) is 0 Å². The Morgan fingerprint density at radius 1 is 1.36 bits per heavy atom. The summed E-state index contributed by atoms with van der Waals surface area (Å²) >= 11 is 1.70. The molecule has 2 nitrogen and oxygen atoms in total. The largest absolute Gasteiger partial charge is 0.299 e. The van der Waals surface area contributed by atoms with Crippen LogP contribution in [0.2, 0.25) is 0 Å². The fourth-order valence-corrected chi connectivity index (χ4v) is 3.17. The van der Waals surface area contributed by atoms with Crippen molar-refractivity contribution >= 4 is 23.3 Å². The third kappa shape index (κ3) is 2.38. The first-order valence-electron chi connectivity index (χ1n) is 5.32. The smallest absolute Gasteiger partial charge is 0.156 e. The van der Waals surface area contributed by atoms with Gasteiger partial charge < -0.3 is 0 Å². The molecule has 2 atom stereocenters. The average molecular weight is 214 g/mol. The third-order valence-electron chi connectivity index (χ3n) is 2.88. The molecule has 0 amide bonds. The number of Topliss-reactive ketones (excluding diaryl/α,β-unsaturated/α-hetero) is 2. The standard InChI is InChI=1S/C11H18O2S/c1-4-8(5-2)14-10-6-9(12)7(3)11(10)13/h7-8,10H,4-6H2,1-3H3. The van der Waals surface area contributed by atoms with Crippen LogP contribution in [-0.4, -0.2) is 22.1 Å². The van der Waals surface area contributed by atoms with Crippen molar-refractivity contribution in [2.24, 2.45) is 5.92 Å². The van der Waals surface area contributed by atoms with E-state index >= 15 is 0 Å². The third-order valence-corrected chi connectivity index (χ3v) is 4.66. The maximum absolute atomic E-state index is 11.6.